The highest BCUT2D eigenvalue weighted by molar-refractivity contribution is 5.39. The van der Waals surface area contributed by atoms with Crippen LogP contribution in [0.4, 0.5) is 0 Å². The lowest BCUT2D eigenvalue weighted by Crippen LogP contribution is -2.32. The van der Waals surface area contributed by atoms with Crippen LogP contribution in [-0.2, 0) is 12.8 Å². The predicted octanol–water partition coefficient (Wildman–Crippen LogP) is 3.33. The molecule has 1 atom stereocenters. The maximum absolute atomic E-state index is 5.57. The molecule has 1 aliphatic carbocycles. The molecular formula is C17H25NO. The molecule has 2 heteroatoms. The van der Waals surface area contributed by atoms with Gasteiger partial charge < -0.3 is 10.1 Å². The van der Waals surface area contributed by atoms with Gasteiger partial charge in [0.1, 0.15) is 5.75 Å². The van der Waals surface area contributed by atoms with Gasteiger partial charge in [-0.3, -0.25) is 0 Å². The van der Waals surface area contributed by atoms with E-state index in [-0.39, 0.29) is 0 Å². The molecule has 0 amide bonds. The topological polar surface area (TPSA) is 21.3 Å². The zero-order valence-electron chi connectivity index (χ0n) is 12.0. The van der Waals surface area contributed by atoms with Gasteiger partial charge in [0.2, 0.25) is 0 Å². The second-order valence-corrected chi connectivity index (χ2v) is 6.02. The van der Waals surface area contributed by atoms with Crippen LogP contribution in [0.2, 0.25) is 0 Å². The Hall–Kier alpha value is -1.02. The summed E-state index contributed by atoms with van der Waals surface area (Å²) in [4.78, 5) is 0. The average Bonchev–Trinajstić information content (AvgIpc) is 3.10. The number of hydrogen-bond acceptors (Lipinski definition) is 2. The van der Waals surface area contributed by atoms with Crippen LogP contribution in [-0.4, -0.2) is 19.7 Å². The number of hydrogen-bond donors (Lipinski definition) is 1. The van der Waals surface area contributed by atoms with Gasteiger partial charge >= 0.3 is 0 Å². The van der Waals surface area contributed by atoms with Crippen LogP contribution >= 0.6 is 0 Å². The Labute approximate surface area is 116 Å². The van der Waals surface area contributed by atoms with Gasteiger partial charge in [0, 0.05) is 12.5 Å². The first kappa shape index (κ1) is 13.0. The Morgan fingerprint density at radius 1 is 1.32 bits per heavy atom. The minimum Gasteiger partial charge on any atom is -0.493 e. The molecule has 2 nitrogen and oxygen atoms in total. The molecule has 2 aliphatic rings. The van der Waals surface area contributed by atoms with Crippen LogP contribution in [0, 0.1) is 5.92 Å². The highest BCUT2D eigenvalue weighted by Gasteiger charge is 2.23. The molecule has 3 rings (SSSR count). The highest BCUT2D eigenvalue weighted by Crippen LogP contribution is 2.30. The van der Waals surface area contributed by atoms with Gasteiger partial charge in [0.25, 0.3) is 0 Å². The summed E-state index contributed by atoms with van der Waals surface area (Å²) in [6.07, 6.45) is 9.24. The van der Waals surface area contributed by atoms with Crippen LogP contribution in [0.25, 0.3) is 0 Å². The number of aryl methyl sites for hydroxylation is 1. The average molecular weight is 259 g/mol. The minimum atomic E-state index is 0.701. The maximum atomic E-state index is 5.57. The van der Waals surface area contributed by atoms with Crippen LogP contribution in [0.3, 0.4) is 0 Å². The molecule has 0 radical (unpaired) electrons. The highest BCUT2D eigenvalue weighted by atomic mass is 16.5. The van der Waals surface area contributed by atoms with Gasteiger partial charge in [-0.25, -0.2) is 0 Å². The van der Waals surface area contributed by atoms with E-state index in [1.807, 2.05) is 0 Å². The molecule has 0 bridgehead atoms. The van der Waals surface area contributed by atoms with Gasteiger partial charge in [0.05, 0.1) is 6.61 Å². The maximum Gasteiger partial charge on any atom is 0.122 e. The molecule has 1 heterocycles. The Kier molecular flexibility index (Phi) is 4.07. The molecule has 0 saturated heterocycles. The SMILES string of the molecule is CNC(CCc1ccc2c(c1)CCO2)C1CCCC1. The van der Waals surface area contributed by atoms with Gasteiger partial charge in [-0.15, -0.1) is 0 Å². The third kappa shape index (κ3) is 2.94. The van der Waals surface area contributed by atoms with Crippen molar-refractivity contribution >= 4 is 0 Å². The van der Waals surface area contributed by atoms with Crippen molar-refractivity contribution in [3.8, 4) is 5.75 Å². The van der Waals surface area contributed by atoms with Gasteiger partial charge in [0.15, 0.2) is 0 Å². The molecule has 1 unspecified atom stereocenters. The summed E-state index contributed by atoms with van der Waals surface area (Å²) < 4.78 is 5.57. The monoisotopic (exact) mass is 259 g/mol. The Bertz CT molecular complexity index is 423. The molecule has 19 heavy (non-hydrogen) atoms. The third-order valence-electron chi connectivity index (χ3n) is 4.84. The van der Waals surface area contributed by atoms with E-state index in [4.69, 9.17) is 4.74 Å². The van der Waals surface area contributed by atoms with E-state index in [1.54, 1.807) is 0 Å². The first-order valence-electron chi connectivity index (χ1n) is 7.78. The predicted molar refractivity (Wildman–Crippen MR) is 78.8 cm³/mol. The first-order valence-corrected chi connectivity index (χ1v) is 7.78. The minimum absolute atomic E-state index is 0.701. The fourth-order valence-corrected chi connectivity index (χ4v) is 3.69. The molecule has 1 N–H and O–H groups in total. The van der Waals surface area contributed by atoms with E-state index in [1.165, 1.54) is 49.7 Å². The van der Waals surface area contributed by atoms with E-state index < -0.39 is 0 Å². The number of ether oxygens (including phenoxy) is 1. The molecule has 0 aromatic heterocycles. The summed E-state index contributed by atoms with van der Waals surface area (Å²) in [6.45, 7) is 0.861. The van der Waals surface area contributed by atoms with E-state index in [9.17, 15) is 0 Å². The van der Waals surface area contributed by atoms with Crippen molar-refractivity contribution in [3.63, 3.8) is 0 Å². The van der Waals surface area contributed by atoms with E-state index in [0.717, 1.165) is 24.7 Å². The van der Waals surface area contributed by atoms with Crippen LogP contribution in [0.5, 0.6) is 5.75 Å². The van der Waals surface area contributed by atoms with Crippen LogP contribution < -0.4 is 10.1 Å². The van der Waals surface area contributed by atoms with Crippen molar-refractivity contribution in [2.75, 3.05) is 13.7 Å². The van der Waals surface area contributed by atoms with E-state index >= 15 is 0 Å². The lowest BCUT2D eigenvalue weighted by molar-refractivity contribution is 0.356. The number of fused-ring (bicyclic) bond motifs is 1. The molecule has 1 aliphatic heterocycles. The summed E-state index contributed by atoms with van der Waals surface area (Å²) in [5.41, 5.74) is 2.88. The van der Waals surface area contributed by atoms with Crippen molar-refractivity contribution < 1.29 is 4.74 Å². The van der Waals surface area contributed by atoms with Crippen molar-refractivity contribution in [1.29, 1.82) is 0 Å². The Balaban J connectivity index is 1.58. The van der Waals surface area contributed by atoms with Gasteiger partial charge in [-0.05, 0) is 55.8 Å². The van der Waals surface area contributed by atoms with Crippen molar-refractivity contribution in [2.45, 2.75) is 51.0 Å². The zero-order valence-corrected chi connectivity index (χ0v) is 12.0. The summed E-state index contributed by atoms with van der Waals surface area (Å²) in [5.74, 6) is 2.01. The third-order valence-corrected chi connectivity index (χ3v) is 4.84. The Morgan fingerprint density at radius 3 is 2.95 bits per heavy atom. The fraction of sp³-hybridized carbons (Fsp3) is 0.647. The molecule has 1 fully saturated rings. The number of benzene rings is 1. The van der Waals surface area contributed by atoms with Gasteiger partial charge in [-0.2, -0.15) is 0 Å². The Morgan fingerprint density at radius 2 is 2.16 bits per heavy atom. The quantitative estimate of drug-likeness (QED) is 0.875. The van der Waals surface area contributed by atoms with Crippen molar-refractivity contribution in [2.24, 2.45) is 5.92 Å². The molecule has 1 aromatic rings. The molecule has 104 valence electrons. The van der Waals surface area contributed by atoms with E-state index in [2.05, 4.69) is 30.6 Å². The summed E-state index contributed by atoms with van der Waals surface area (Å²) in [6, 6.07) is 7.45. The molecule has 0 spiro atoms. The lowest BCUT2D eigenvalue weighted by Gasteiger charge is -2.23. The largest absolute Gasteiger partial charge is 0.493 e. The second-order valence-electron chi connectivity index (χ2n) is 6.02. The van der Waals surface area contributed by atoms with Crippen molar-refractivity contribution in [1.82, 2.24) is 5.32 Å². The van der Waals surface area contributed by atoms with E-state index in [0.29, 0.717) is 6.04 Å². The van der Waals surface area contributed by atoms with Crippen molar-refractivity contribution in [3.05, 3.63) is 29.3 Å². The second kappa shape index (κ2) is 5.96. The van der Waals surface area contributed by atoms with Crippen LogP contribution in [0.1, 0.15) is 43.2 Å². The van der Waals surface area contributed by atoms with Crippen LogP contribution in [0.15, 0.2) is 18.2 Å². The zero-order chi connectivity index (χ0) is 13.1. The summed E-state index contributed by atoms with van der Waals surface area (Å²) in [5, 5.41) is 3.54. The smallest absolute Gasteiger partial charge is 0.122 e. The summed E-state index contributed by atoms with van der Waals surface area (Å²) >= 11 is 0. The van der Waals surface area contributed by atoms with Gasteiger partial charge in [-0.1, -0.05) is 25.0 Å². The summed E-state index contributed by atoms with van der Waals surface area (Å²) in [7, 11) is 2.12. The molecule has 1 aromatic carbocycles. The normalized spacial score (nSPS) is 20.3. The number of nitrogens with one attached hydrogen (secondary N) is 1. The number of rotatable bonds is 5. The first-order chi connectivity index (χ1) is 9.36. The lowest BCUT2D eigenvalue weighted by atomic mass is 9.92. The standard InChI is InChI=1S/C17H25NO/c1-18-16(14-4-2-3-5-14)8-6-13-7-9-17-15(12-13)10-11-19-17/h7,9,12,14,16,18H,2-6,8,10-11H2,1H3. The molecular weight excluding hydrogens is 234 g/mol. The molecule has 1 saturated carbocycles. The fourth-order valence-electron chi connectivity index (χ4n) is 3.69.